The number of anilines is 1. The zero-order valence-corrected chi connectivity index (χ0v) is 7.26. The molecule has 0 amide bonds. The van der Waals surface area contributed by atoms with E-state index < -0.39 is 0 Å². The van der Waals surface area contributed by atoms with Crippen LogP contribution in [0.5, 0.6) is 0 Å². The van der Waals surface area contributed by atoms with E-state index in [9.17, 15) is 4.39 Å². The minimum Gasteiger partial charge on any atom is -0.394 e. The molecule has 2 nitrogen and oxygen atoms in total. The van der Waals surface area contributed by atoms with Gasteiger partial charge in [-0.15, -0.1) is 0 Å². The van der Waals surface area contributed by atoms with Crippen LogP contribution in [0, 0.1) is 5.82 Å². The molecule has 0 bridgehead atoms. The molecule has 0 spiro atoms. The zero-order chi connectivity index (χ0) is 9.26. The van der Waals surface area contributed by atoms with Crippen molar-refractivity contribution in [2.24, 2.45) is 0 Å². The number of hydrogen-bond donors (Lipinski definition) is 2. The minimum atomic E-state index is -0.151. The Bertz CT molecular complexity index is 314. The Morgan fingerprint density at radius 2 is 2.38 bits per heavy atom. The van der Waals surface area contributed by atoms with Gasteiger partial charge in [0.2, 0.25) is 0 Å². The lowest BCUT2D eigenvalue weighted by Crippen LogP contribution is -2.29. The maximum absolute atomic E-state index is 13.2. The Morgan fingerprint density at radius 1 is 1.54 bits per heavy atom. The summed E-state index contributed by atoms with van der Waals surface area (Å²) < 4.78 is 13.2. The molecule has 1 atom stereocenters. The smallest absolute Gasteiger partial charge is 0.128 e. The maximum Gasteiger partial charge on any atom is 0.128 e. The maximum atomic E-state index is 13.2. The van der Waals surface area contributed by atoms with Crippen LogP contribution in [-0.2, 0) is 6.42 Å². The number of benzene rings is 1. The number of halogens is 1. The fourth-order valence-corrected chi connectivity index (χ4v) is 1.70. The molecule has 1 aliphatic heterocycles. The van der Waals surface area contributed by atoms with Crippen LogP contribution in [0.3, 0.4) is 0 Å². The summed E-state index contributed by atoms with van der Waals surface area (Å²) in [7, 11) is 0. The molecule has 3 heteroatoms. The van der Waals surface area contributed by atoms with Gasteiger partial charge in [-0.05, 0) is 25.0 Å². The van der Waals surface area contributed by atoms with E-state index in [1.54, 1.807) is 6.07 Å². The summed E-state index contributed by atoms with van der Waals surface area (Å²) in [6.07, 6.45) is 1.50. The van der Waals surface area contributed by atoms with Crippen molar-refractivity contribution < 1.29 is 9.50 Å². The lowest BCUT2D eigenvalue weighted by atomic mass is 9.98. The fraction of sp³-hybridized carbons (Fsp3) is 0.400. The molecule has 0 saturated carbocycles. The number of fused-ring (bicyclic) bond motifs is 1. The van der Waals surface area contributed by atoms with Gasteiger partial charge in [0.05, 0.1) is 6.61 Å². The van der Waals surface area contributed by atoms with Gasteiger partial charge in [-0.3, -0.25) is 0 Å². The van der Waals surface area contributed by atoms with Crippen LogP contribution in [0.15, 0.2) is 18.2 Å². The summed E-state index contributed by atoms with van der Waals surface area (Å²) in [6.45, 7) is 0.107. The summed E-state index contributed by atoms with van der Waals surface area (Å²) in [6, 6.07) is 5.08. The molecule has 1 aromatic rings. The van der Waals surface area contributed by atoms with E-state index in [4.69, 9.17) is 5.11 Å². The topological polar surface area (TPSA) is 32.3 Å². The molecule has 1 aromatic carbocycles. The second-order valence-electron chi connectivity index (χ2n) is 3.33. The molecule has 2 rings (SSSR count). The van der Waals surface area contributed by atoms with Crippen molar-refractivity contribution in [1.82, 2.24) is 0 Å². The first kappa shape index (κ1) is 8.51. The summed E-state index contributed by atoms with van der Waals surface area (Å²) in [5.41, 5.74) is 1.57. The third kappa shape index (κ3) is 1.52. The van der Waals surface area contributed by atoms with E-state index in [2.05, 4.69) is 5.32 Å². The van der Waals surface area contributed by atoms with Crippen molar-refractivity contribution in [3.8, 4) is 0 Å². The first-order valence-electron chi connectivity index (χ1n) is 4.46. The van der Waals surface area contributed by atoms with Crippen molar-refractivity contribution in [3.05, 3.63) is 29.6 Å². The lowest BCUT2D eigenvalue weighted by Gasteiger charge is -2.25. The highest BCUT2D eigenvalue weighted by molar-refractivity contribution is 5.54. The zero-order valence-electron chi connectivity index (χ0n) is 7.26. The average Bonchev–Trinajstić information content (AvgIpc) is 2.18. The molecule has 0 aliphatic carbocycles. The largest absolute Gasteiger partial charge is 0.394 e. The molecule has 0 saturated heterocycles. The van der Waals surface area contributed by atoms with Gasteiger partial charge in [-0.2, -0.15) is 0 Å². The molecule has 1 heterocycles. The molecule has 70 valence electrons. The number of nitrogens with one attached hydrogen (secondary N) is 1. The predicted molar refractivity (Wildman–Crippen MR) is 49.2 cm³/mol. The Kier molecular flexibility index (Phi) is 2.19. The highest BCUT2D eigenvalue weighted by Gasteiger charge is 2.18. The third-order valence-corrected chi connectivity index (χ3v) is 2.44. The first-order valence-corrected chi connectivity index (χ1v) is 4.46. The van der Waals surface area contributed by atoms with Gasteiger partial charge < -0.3 is 10.4 Å². The normalized spacial score (nSPS) is 20.6. The van der Waals surface area contributed by atoms with Crippen LogP contribution in [0.25, 0.3) is 0 Å². The monoisotopic (exact) mass is 181 g/mol. The number of aliphatic hydroxyl groups is 1. The average molecular weight is 181 g/mol. The third-order valence-electron chi connectivity index (χ3n) is 2.44. The van der Waals surface area contributed by atoms with Crippen LogP contribution in [0.1, 0.15) is 12.0 Å². The van der Waals surface area contributed by atoms with Gasteiger partial charge >= 0.3 is 0 Å². The summed E-state index contributed by atoms with van der Waals surface area (Å²) >= 11 is 0. The Labute approximate surface area is 76.4 Å². The van der Waals surface area contributed by atoms with E-state index in [-0.39, 0.29) is 18.5 Å². The molecule has 2 N–H and O–H groups in total. The summed E-state index contributed by atoms with van der Waals surface area (Å²) in [5, 5.41) is 12.0. The quantitative estimate of drug-likeness (QED) is 0.688. The number of hydrogen-bond acceptors (Lipinski definition) is 2. The SMILES string of the molecule is OC[C@@H]1CCc2c(F)cccc2N1. The van der Waals surface area contributed by atoms with E-state index in [1.165, 1.54) is 6.07 Å². The van der Waals surface area contributed by atoms with Crippen molar-refractivity contribution in [2.45, 2.75) is 18.9 Å². The van der Waals surface area contributed by atoms with Gasteiger partial charge in [0.1, 0.15) is 5.82 Å². The van der Waals surface area contributed by atoms with Crippen molar-refractivity contribution in [2.75, 3.05) is 11.9 Å². The standard InChI is InChI=1S/C10H12FNO/c11-9-2-1-3-10-8(9)5-4-7(6-13)12-10/h1-3,7,12-13H,4-6H2/t7-/m0/s1. The molecular weight excluding hydrogens is 169 g/mol. The van der Waals surface area contributed by atoms with Crippen LogP contribution >= 0.6 is 0 Å². The molecule has 0 aromatic heterocycles. The van der Waals surface area contributed by atoms with Gasteiger partial charge in [-0.1, -0.05) is 6.07 Å². The van der Waals surface area contributed by atoms with Crippen molar-refractivity contribution in [3.63, 3.8) is 0 Å². The summed E-state index contributed by atoms with van der Waals surface area (Å²) in [4.78, 5) is 0. The number of aliphatic hydroxyl groups excluding tert-OH is 1. The van der Waals surface area contributed by atoms with Crippen molar-refractivity contribution in [1.29, 1.82) is 0 Å². The molecule has 0 radical (unpaired) electrons. The fourth-order valence-electron chi connectivity index (χ4n) is 1.70. The molecule has 1 aliphatic rings. The Balaban J connectivity index is 2.31. The van der Waals surface area contributed by atoms with Gasteiger partial charge in [-0.25, -0.2) is 4.39 Å². The van der Waals surface area contributed by atoms with Gasteiger partial charge in [0, 0.05) is 17.3 Å². The predicted octanol–water partition coefficient (Wildman–Crippen LogP) is 1.54. The van der Waals surface area contributed by atoms with E-state index in [0.717, 1.165) is 17.7 Å². The minimum absolute atomic E-state index is 0.0781. The molecule has 0 fully saturated rings. The summed E-state index contributed by atoms with van der Waals surface area (Å²) in [5.74, 6) is -0.151. The van der Waals surface area contributed by atoms with Crippen LogP contribution < -0.4 is 5.32 Å². The van der Waals surface area contributed by atoms with E-state index >= 15 is 0 Å². The molecule has 13 heavy (non-hydrogen) atoms. The highest BCUT2D eigenvalue weighted by Crippen LogP contribution is 2.26. The van der Waals surface area contributed by atoms with Crippen LogP contribution in [0.4, 0.5) is 10.1 Å². The van der Waals surface area contributed by atoms with Gasteiger partial charge in [0.25, 0.3) is 0 Å². The Hall–Kier alpha value is -1.09. The highest BCUT2D eigenvalue weighted by atomic mass is 19.1. The Morgan fingerprint density at radius 3 is 3.15 bits per heavy atom. The lowest BCUT2D eigenvalue weighted by molar-refractivity contribution is 0.266. The second-order valence-corrected chi connectivity index (χ2v) is 3.33. The second kappa shape index (κ2) is 3.34. The van der Waals surface area contributed by atoms with Crippen LogP contribution in [-0.4, -0.2) is 17.8 Å². The number of rotatable bonds is 1. The van der Waals surface area contributed by atoms with Gasteiger partial charge in [0.15, 0.2) is 0 Å². The molecule has 0 unspecified atom stereocenters. The van der Waals surface area contributed by atoms with E-state index in [0.29, 0.717) is 6.42 Å². The molecular formula is C10H12FNO. The first-order chi connectivity index (χ1) is 6.31. The van der Waals surface area contributed by atoms with E-state index in [1.807, 2.05) is 6.07 Å². The van der Waals surface area contributed by atoms with Crippen LogP contribution in [0.2, 0.25) is 0 Å². The van der Waals surface area contributed by atoms with Crippen molar-refractivity contribution >= 4 is 5.69 Å².